The lowest BCUT2D eigenvalue weighted by Gasteiger charge is -2.10. The Hall–Kier alpha value is -1.85. The molecule has 98 valence electrons. The van der Waals surface area contributed by atoms with Gasteiger partial charge in [0.1, 0.15) is 5.71 Å². The van der Waals surface area contributed by atoms with Crippen molar-refractivity contribution in [2.75, 3.05) is 6.61 Å². The normalized spacial score (nSPS) is 12.3. The molecule has 0 aliphatic heterocycles. The number of aliphatic imine (C=N–C) groups is 1. The maximum absolute atomic E-state index is 12.7. The quantitative estimate of drug-likeness (QED) is 0.614. The highest BCUT2D eigenvalue weighted by atomic mass is 19.4. The number of carbonyl (C=O) groups is 1. The Bertz CT molecular complexity index is 427. The second kappa shape index (κ2) is 6.18. The molecule has 0 saturated carbocycles. The maximum Gasteiger partial charge on any atom is 0.430 e. The molecule has 0 spiro atoms. The fourth-order valence-electron chi connectivity index (χ4n) is 1.21. The van der Waals surface area contributed by atoms with Gasteiger partial charge in [0.15, 0.2) is 0 Å². The zero-order valence-electron chi connectivity index (χ0n) is 9.70. The van der Waals surface area contributed by atoms with Gasteiger partial charge in [0, 0.05) is 0 Å². The topological polar surface area (TPSA) is 38.7 Å². The highest BCUT2D eigenvalue weighted by molar-refractivity contribution is 6.03. The van der Waals surface area contributed by atoms with E-state index in [-0.39, 0.29) is 12.3 Å². The summed E-state index contributed by atoms with van der Waals surface area (Å²) in [4.78, 5) is 14.5. The average Bonchev–Trinajstić information content (AvgIpc) is 2.28. The number of benzene rings is 1. The molecule has 0 amide bonds. The summed E-state index contributed by atoms with van der Waals surface area (Å²) in [5, 5.41) is 0. The first-order valence-corrected chi connectivity index (χ1v) is 5.29. The van der Waals surface area contributed by atoms with E-state index in [1.54, 1.807) is 18.2 Å². The van der Waals surface area contributed by atoms with E-state index < -0.39 is 24.3 Å². The third-order valence-corrected chi connectivity index (χ3v) is 1.96. The van der Waals surface area contributed by atoms with Gasteiger partial charge < -0.3 is 4.74 Å². The van der Waals surface area contributed by atoms with Crippen molar-refractivity contribution in [2.45, 2.75) is 19.5 Å². The van der Waals surface area contributed by atoms with Gasteiger partial charge in [0.25, 0.3) is 0 Å². The Morgan fingerprint density at radius 2 is 1.89 bits per heavy atom. The van der Waals surface area contributed by atoms with Crippen molar-refractivity contribution in [3.05, 3.63) is 30.3 Å². The third-order valence-electron chi connectivity index (χ3n) is 1.96. The van der Waals surface area contributed by atoms with Crippen molar-refractivity contribution in [3.8, 4) is 0 Å². The number of halogens is 3. The van der Waals surface area contributed by atoms with Crippen molar-refractivity contribution < 1.29 is 22.7 Å². The standard InChI is InChI=1S/C12H12F3NO2/c1-2-18-11(17)8-10(12(13,14)15)16-9-6-4-3-5-7-9/h3-7H,2,8H2,1H3. The molecule has 0 aliphatic rings. The van der Waals surface area contributed by atoms with Crippen molar-refractivity contribution in [1.82, 2.24) is 0 Å². The number of esters is 1. The van der Waals surface area contributed by atoms with Crippen LogP contribution in [0.3, 0.4) is 0 Å². The zero-order chi connectivity index (χ0) is 13.6. The van der Waals surface area contributed by atoms with Crippen LogP contribution >= 0.6 is 0 Å². The summed E-state index contributed by atoms with van der Waals surface area (Å²) in [6.07, 6.45) is -5.53. The number of rotatable bonds is 4. The maximum atomic E-state index is 12.7. The number of carbonyl (C=O) groups excluding carboxylic acids is 1. The molecule has 0 N–H and O–H groups in total. The SMILES string of the molecule is CCOC(=O)CC(=Nc1ccccc1)C(F)(F)F. The summed E-state index contributed by atoms with van der Waals surface area (Å²) in [6.45, 7) is 1.56. The number of alkyl halides is 3. The Kier molecular flexibility index (Phi) is 4.88. The molecule has 0 aromatic heterocycles. The Morgan fingerprint density at radius 1 is 1.28 bits per heavy atom. The molecule has 0 fully saturated rings. The van der Waals surface area contributed by atoms with E-state index in [4.69, 9.17) is 0 Å². The Morgan fingerprint density at radius 3 is 2.39 bits per heavy atom. The summed E-state index contributed by atoms with van der Waals surface area (Å²) in [5.74, 6) is -0.940. The smallest absolute Gasteiger partial charge is 0.430 e. The molecule has 3 nitrogen and oxygen atoms in total. The molecule has 0 radical (unpaired) electrons. The van der Waals surface area contributed by atoms with Crippen molar-refractivity contribution in [3.63, 3.8) is 0 Å². The first-order valence-electron chi connectivity index (χ1n) is 5.29. The lowest BCUT2D eigenvalue weighted by molar-refractivity contribution is -0.142. The number of hydrogen-bond donors (Lipinski definition) is 0. The zero-order valence-corrected chi connectivity index (χ0v) is 9.70. The van der Waals surface area contributed by atoms with Crippen LogP contribution in [0.4, 0.5) is 18.9 Å². The largest absolute Gasteiger partial charge is 0.466 e. The van der Waals surface area contributed by atoms with Crippen molar-refractivity contribution >= 4 is 17.4 Å². The highest BCUT2D eigenvalue weighted by Crippen LogP contribution is 2.23. The molecular weight excluding hydrogens is 247 g/mol. The van der Waals surface area contributed by atoms with Crippen LogP contribution in [0.1, 0.15) is 13.3 Å². The van der Waals surface area contributed by atoms with E-state index in [9.17, 15) is 18.0 Å². The Balaban J connectivity index is 2.93. The molecule has 0 atom stereocenters. The van der Waals surface area contributed by atoms with Gasteiger partial charge in [-0.3, -0.25) is 4.79 Å². The van der Waals surface area contributed by atoms with E-state index >= 15 is 0 Å². The molecule has 0 bridgehead atoms. The number of nitrogens with zero attached hydrogens (tertiary/aromatic N) is 1. The minimum Gasteiger partial charge on any atom is -0.466 e. The molecule has 18 heavy (non-hydrogen) atoms. The van der Waals surface area contributed by atoms with Crippen LogP contribution in [0.5, 0.6) is 0 Å². The Labute approximate surface area is 102 Å². The summed E-state index contributed by atoms with van der Waals surface area (Å²) in [5.41, 5.74) is -1.01. The predicted molar refractivity (Wildman–Crippen MR) is 60.8 cm³/mol. The lowest BCUT2D eigenvalue weighted by atomic mass is 10.2. The summed E-state index contributed by atoms with van der Waals surface area (Å²) in [6, 6.07) is 7.65. The molecule has 1 aromatic carbocycles. The average molecular weight is 259 g/mol. The van der Waals surface area contributed by atoms with E-state index in [1.165, 1.54) is 19.1 Å². The molecule has 0 saturated heterocycles. The van der Waals surface area contributed by atoms with E-state index in [0.29, 0.717) is 0 Å². The van der Waals surface area contributed by atoms with E-state index in [2.05, 4.69) is 9.73 Å². The van der Waals surface area contributed by atoms with Crippen LogP contribution in [0, 0.1) is 0 Å². The fraction of sp³-hybridized carbons (Fsp3) is 0.333. The fourth-order valence-corrected chi connectivity index (χ4v) is 1.21. The molecule has 1 aromatic rings. The first-order chi connectivity index (χ1) is 8.43. The van der Waals surface area contributed by atoms with Crippen LogP contribution in [0.15, 0.2) is 35.3 Å². The summed E-state index contributed by atoms with van der Waals surface area (Å²) >= 11 is 0. The second-order valence-electron chi connectivity index (χ2n) is 3.37. The van der Waals surface area contributed by atoms with Crippen molar-refractivity contribution in [1.29, 1.82) is 0 Å². The van der Waals surface area contributed by atoms with Gasteiger partial charge in [-0.05, 0) is 19.1 Å². The predicted octanol–water partition coefficient (Wildman–Crippen LogP) is 3.27. The highest BCUT2D eigenvalue weighted by Gasteiger charge is 2.37. The monoisotopic (exact) mass is 259 g/mol. The third kappa shape index (κ3) is 4.57. The second-order valence-corrected chi connectivity index (χ2v) is 3.37. The lowest BCUT2D eigenvalue weighted by Crippen LogP contribution is -2.26. The van der Waals surface area contributed by atoms with E-state index in [0.717, 1.165) is 0 Å². The number of ether oxygens (including phenoxy) is 1. The van der Waals surface area contributed by atoms with Gasteiger partial charge in [-0.2, -0.15) is 13.2 Å². The number of hydrogen-bond acceptors (Lipinski definition) is 3. The van der Waals surface area contributed by atoms with Gasteiger partial charge in [0.05, 0.1) is 18.7 Å². The molecule has 1 rings (SSSR count). The van der Waals surface area contributed by atoms with Crippen LogP contribution in [0.2, 0.25) is 0 Å². The van der Waals surface area contributed by atoms with Crippen molar-refractivity contribution in [2.24, 2.45) is 4.99 Å². The molecular formula is C12H12F3NO2. The molecule has 0 heterocycles. The van der Waals surface area contributed by atoms with Gasteiger partial charge in [-0.15, -0.1) is 0 Å². The first kappa shape index (κ1) is 14.2. The van der Waals surface area contributed by atoms with Crippen LogP contribution in [-0.4, -0.2) is 24.5 Å². The van der Waals surface area contributed by atoms with Crippen LogP contribution in [0.25, 0.3) is 0 Å². The minimum atomic E-state index is -4.65. The summed E-state index contributed by atoms with van der Waals surface area (Å²) in [7, 11) is 0. The van der Waals surface area contributed by atoms with Gasteiger partial charge >= 0.3 is 12.1 Å². The van der Waals surface area contributed by atoms with Crippen LogP contribution < -0.4 is 0 Å². The van der Waals surface area contributed by atoms with Gasteiger partial charge in [-0.25, -0.2) is 4.99 Å². The van der Waals surface area contributed by atoms with Gasteiger partial charge in [-0.1, -0.05) is 18.2 Å². The van der Waals surface area contributed by atoms with Gasteiger partial charge in [0.2, 0.25) is 0 Å². The molecule has 0 aliphatic carbocycles. The minimum absolute atomic E-state index is 0.0370. The number of para-hydroxylation sites is 1. The molecule has 6 heteroatoms. The summed E-state index contributed by atoms with van der Waals surface area (Å²) < 4.78 is 42.5. The molecule has 0 unspecified atom stereocenters. The van der Waals surface area contributed by atoms with E-state index in [1.807, 2.05) is 0 Å². The van der Waals surface area contributed by atoms with Crippen LogP contribution in [-0.2, 0) is 9.53 Å².